The Hall–Kier alpha value is -2.80. The van der Waals surface area contributed by atoms with Crippen molar-refractivity contribution in [1.82, 2.24) is 4.98 Å². The summed E-state index contributed by atoms with van der Waals surface area (Å²) >= 11 is 1.44. The van der Waals surface area contributed by atoms with Gasteiger partial charge < -0.3 is 23.9 Å². The zero-order chi connectivity index (χ0) is 19.4. The number of para-hydroxylation sites is 1. The second-order valence-corrected chi connectivity index (χ2v) is 6.64. The average molecular weight is 387 g/mol. The van der Waals surface area contributed by atoms with Crippen molar-refractivity contribution in [2.75, 3.05) is 27.9 Å². The van der Waals surface area contributed by atoms with Crippen molar-refractivity contribution in [2.24, 2.45) is 0 Å². The van der Waals surface area contributed by atoms with Crippen LogP contribution in [0, 0.1) is 0 Å². The number of aromatic amines is 1. The van der Waals surface area contributed by atoms with Gasteiger partial charge in [0, 0.05) is 15.8 Å². The third-order valence-electron chi connectivity index (χ3n) is 4.00. The number of carbonyl (C=O) groups is 1. The molecule has 0 aliphatic carbocycles. The first-order chi connectivity index (χ1) is 13.1. The van der Waals surface area contributed by atoms with E-state index in [1.165, 1.54) is 11.8 Å². The molecule has 0 unspecified atom stereocenters. The number of H-pyrrole nitrogens is 1. The summed E-state index contributed by atoms with van der Waals surface area (Å²) in [7, 11) is 4.70. The van der Waals surface area contributed by atoms with Crippen LogP contribution < -0.4 is 14.2 Å². The second-order valence-electron chi connectivity index (χ2n) is 5.56. The highest BCUT2D eigenvalue weighted by Gasteiger charge is 2.21. The van der Waals surface area contributed by atoms with Gasteiger partial charge in [-0.15, -0.1) is 0 Å². The summed E-state index contributed by atoms with van der Waals surface area (Å²) in [6, 6.07) is 11.4. The summed E-state index contributed by atoms with van der Waals surface area (Å²) in [5.41, 5.74) is 1.30. The van der Waals surface area contributed by atoms with Crippen LogP contribution in [0.15, 0.2) is 46.2 Å². The van der Waals surface area contributed by atoms with E-state index in [1.54, 1.807) is 28.3 Å². The van der Waals surface area contributed by atoms with Crippen molar-refractivity contribution < 1.29 is 23.7 Å². The Morgan fingerprint density at radius 3 is 2.30 bits per heavy atom. The molecule has 6 nitrogen and oxygen atoms in total. The molecule has 27 heavy (non-hydrogen) atoms. The van der Waals surface area contributed by atoms with Gasteiger partial charge in [0.25, 0.3) is 0 Å². The minimum absolute atomic E-state index is 0.308. The normalized spacial score (nSPS) is 10.7. The molecule has 0 aliphatic heterocycles. The molecule has 0 aliphatic rings. The highest BCUT2D eigenvalue weighted by atomic mass is 32.2. The number of hydrogen-bond acceptors (Lipinski definition) is 6. The van der Waals surface area contributed by atoms with E-state index < -0.39 is 0 Å². The lowest BCUT2D eigenvalue weighted by molar-refractivity contribution is 0.0516. The predicted octanol–water partition coefficient (Wildman–Crippen LogP) is 4.52. The predicted molar refractivity (Wildman–Crippen MR) is 104 cm³/mol. The highest BCUT2D eigenvalue weighted by molar-refractivity contribution is 7.99. The van der Waals surface area contributed by atoms with E-state index in [-0.39, 0.29) is 5.97 Å². The maximum absolute atomic E-state index is 12.4. The molecule has 0 saturated heterocycles. The smallest absolute Gasteiger partial charge is 0.355 e. The minimum atomic E-state index is -0.386. The third kappa shape index (κ3) is 3.68. The summed E-state index contributed by atoms with van der Waals surface area (Å²) in [6.45, 7) is 2.09. The molecule has 0 radical (unpaired) electrons. The van der Waals surface area contributed by atoms with Gasteiger partial charge in [-0.25, -0.2) is 4.79 Å². The highest BCUT2D eigenvalue weighted by Crippen LogP contribution is 2.44. The fourth-order valence-corrected chi connectivity index (χ4v) is 3.90. The van der Waals surface area contributed by atoms with Gasteiger partial charge in [-0.05, 0) is 25.1 Å². The van der Waals surface area contributed by atoms with Crippen LogP contribution in [0.2, 0.25) is 0 Å². The quantitative estimate of drug-likeness (QED) is 0.601. The first-order valence-electron chi connectivity index (χ1n) is 8.38. The van der Waals surface area contributed by atoms with Crippen LogP contribution in [-0.4, -0.2) is 38.9 Å². The van der Waals surface area contributed by atoms with E-state index in [9.17, 15) is 4.79 Å². The van der Waals surface area contributed by atoms with Crippen molar-refractivity contribution in [1.29, 1.82) is 0 Å². The number of fused-ring (bicyclic) bond motifs is 1. The van der Waals surface area contributed by atoms with Gasteiger partial charge >= 0.3 is 5.97 Å². The van der Waals surface area contributed by atoms with Gasteiger partial charge in [0.15, 0.2) is 11.5 Å². The van der Waals surface area contributed by atoms with E-state index in [1.807, 2.05) is 36.4 Å². The largest absolute Gasteiger partial charge is 0.493 e. The molecule has 1 heterocycles. The topological polar surface area (TPSA) is 69.8 Å². The van der Waals surface area contributed by atoms with Gasteiger partial charge in [0.2, 0.25) is 5.75 Å². The molecule has 3 aromatic rings. The van der Waals surface area contributed by atoms with E-state index in [0.717, 1.165) is 20.7 Å². The van der Waals surface area contributed by atoms with Crippen molar-refractivity contribution in [3.8, 4) is 17.2 Å². The van der Waals surface area contributed by atoms with Crippen LogP contribution >= 0.6 is 11.8 Å². The monoisotopic (exact) mass is 387 g/mol. The van der Waals surface area contributed by atoms with Gasteiger partial charge in [-0.2, -0.15) is 0 Å². The SMILES string of the molecule is CCOC(=O)c1[nH]c2ccccc2c1Sc1cc(OC)c(OC)c(OC)c1. The lowest BCUT2D eigenvalue weighted by Gasteiger charge is -2.14. The Bertz CT molecular complexity index is 941. The Morgan fingerprint density at radius 2 is 1.70 bits per heavy atom. The van der Waals surface area contributed by atoms with Crippen LogP contribution in [0.5, 0.6) is 17.2 Å². The molecule has 0 atom stereocenters. The number of esters is 1. The van der Waals surface area contributed by atoms with Crippen molar-refractivity contribution in [2.45, 2.75) is 16.7 Å². The number of methoxy groups -OCH3 is 3. The van der Waals surface area contributed by atoms with E-state index in [2.05, 4.69) is 4.98 Å². The molecule has 3 rings (SSSR count). The van der Waals surface area contributed by atoms with Gasteiger partial charge in [-0.3, -0.25) is 0 Å². The Kier molecular flexibility index (Phi) is 5.81. The maximum atomic E-state index is 12.4. The average Bonchev–Trinajstić information content (AvgIpc) is 3.06. The summed E-state index contributed by atoms with van der Waals surface area (Å²) in [4.78, 5) is 17.2. The molecule has 0 spiro atoms. The Labute approximate surface area is 161 Å². The number of carbonyl (C=O) groups excluding carboxylic acids is 1. The Morgan fingerprint density at radius 1 is 1.04 bits per heavy atom. The Balaban J connectivity index is 2.11. The molecular formula is C20H21NO5S. The van der Waals surface area contributed by atoms with Crippen LogP contribution in [0.4, 0.5) is 0 Å². The second kappa shape index (κ2) is 8.26. The van der Waals surface area contributed by atoms with Crippen molar-refractivity contribution in [3.63, 3.8) is 0 Å². The first-order valence-corrected chi connectivity index (χ1v) is 9.20. The molecule has 0 amide bonds. The molecule has 0 saturated carbocycles. The zero-order valence-corrected chi connectivity index (χ0v) is 16.4. The number of rotatable bonds is 7. The number of benzene rings is 2. The number of hydrogen-bond donors (Lipinski definition) is 1. The molecule has 0 fully saturated rings. The van der Waals surface area contributed by atoms with E-state index in [0.29, 0.717) is 29.5 Å². The molecule has 2 aromatic carbocycles. The number of aromatic nitrogens is 1. The lowest BCUT2D eigenvalue weighted by Crippen LogP contribution is -2.06. The summed E-state index contributed by atoms with van der Waals surface area (Å²) in [6.07, 6.45) is 0. The molecule has 0 bridgehead atoms. The van der Waals surface area contributed by atoms with Gasteiger partial charge in [0.1, 0.15) is 5.69 Å². The van der Waals surface area contributed by atoms with Crippen molar-refractivity contribution >= 4 is 28.6 Å². The fourth-order valence-electron chi connectivity index (χ4n) is 2.80. The standard InChI is InChI=1S/C20H21NO5S/c1-5-26-20(22)17-19(13-8-6-7-9-14(13)21-17)27-12-10-15(23-2)18(25-4)16(11-12)24-3/h6-11,21H,5H2,1-4H3. The van der Waals surface area contributed by atoms with Crippen LogP contribution in [0.25, 0.3) is 10.9 Å². The molecule has 1 aromatic heterocycles. The molecule has 7 heteroatoms. The maximum Gasteiger partial charge on any atom is 0.355 e. The molecular weight excluding hydrogens is 366 g/mol. The van der Waals surface area contributed by atoms with Gasteiger partial charge in [-0.1, -0.05) is 30.0 Å². The summed E-state index contributed by atoms with van der Waals surface area (Å²) < 4.78 is 21.4. The number of ether oxygens (including phenoxy) is 4. The van der Waals surface area contributed by atoms with E-state index >= 15 is 0 Å². The molecule has 142 valence electrons. The molecule has 1 N–H and O–H groups in total. The van der Waals surface area contributed by atoms with Crippen LogP contribution in [0.1, 0.15) is 17.4 Å². The first kappa shape index (κ1) is 19.0. The van der Waals surface area contributed by atoms with Crippen LogP contribution in [0.3, 0.4) is 0 Å². The summed E-state index contributed by atoms with van der Waals surface area (Å²) in [5, 5.41) is 0.944. The summed E-state index contributed by atoms with van der Waals surface area (Å²) in [5.74, 6) is 1.24. The third-order valence-corrected chi connectivity index (χ3v) is 5.10. The minimum Gasteiger partial charge on any atom is -0.493 e. The van der Waals surface area contributed by atoms with Gasteiger partial charge in [0.05, 0.1) is 32.8 Å². The van der Waals surface area contributed by atoms with E-state index in [4.69, 9.17) is 18.9 Å². The van der Waals surface area contributed by atoms with Crippen molar-refractivity contribution in [3.05, 3.63) is 42.1 Å². The van der Waals surface area contributed by atoms with Crippen LogP contribution in [-0.2, 0) is 4.74 Å². The number of nitrogens with one attached hydrogen (secondary N) is 1. The fraction of sp³-hybridized carbons (Fsp3) is 0.250. The lowest BCUT2D eigenvalue weighted by atomic mass is 10.2. The zero-order valence-electron chi connectivity index (χ0n) is 15.6.